The van der Waals surface area contributed by atoms with Gasteiger partial charge in [0.15, 0.2) is 0 Å². The summed E-state index contributed by atoms with van der Waals surface area (Å²) in [6, 6.07) is 12.3. The molecule has 1 spiro atoms. The molecule has 1 atom stereocenters. The van der Waals surface area contributed by atoms with Crippen LogP contribution in [0.25, 0.3) is 0 Å². The van der Waals surface area contributed by atoms with Gasteiger partial charge in [-0.25, -0.2) is 0 Å². The van der Waals surface area contributed by atoms with E-state index in [1.54, 1.807) is 0 Å². The monoisotopic (exact) mass is 404 g/mol. The number of rotatable bonds is 0. The Labute approximate surface area is 143 Å². The number of aliphatic imine (C=N–C) groups is 1. The molecule has 0 amide bonds. The molecule has 2 aromatic rings. The lowest BCUT2D eigenvalue weighted by molar-refractivity contribution is 0.110. The van der Waals surface area contributed by atoms with E-state index in [1.807, 2.05) is 24.3 Å². The Bertz CT molecular complexity index is 755. The first-order valence-electron chi connectivity index (χ1n) is 7.09. The SMILES string of the molecule is Bc1ccc2c(c1)[C@@]1(COCC(N)=N1)c1cc(I)ccc1O2. The van der Waals surface area contributed by atoms with E-state index in [0.29, 0.717) is 19.0 Å². The lowest BCUT2D eigenvalue weighted by Crippen LogP contribution is -2.42. The minimum Gasteiger partial charge on any atom is -0.457 e. The van der Waals surface area contributed by atoms with Crippen LogP contribution in [0.2, 0.25) is 0 Å². The molecule has 2 aliphatic heterocycles. The van der Waals surface area contributed by atoms with Crippen LogP contribution in [-0.2, 0) is 10.3 Å². The van der Waals surface area contributed by atoms with Gasteiger partial charge >= 0.3 is 0 Å². The summed E-state index contributed by atoms with van der Waals surface area (Å²) in [7, 11) is 2.06. The summed E-state index contributed by atoms with van der Waals surface area (Å²) in [6.45, 7) is 0.851. The Morgan fingerprint density at radius 1 is 1.14 bits per heavy atom. The Kier molecular flexibility index (Phi) is 3.19. The normalized spacial score (nSPS) is 22.5. The van der Waals surface area contributed by atoms with Crippen LogP contribution < -0.4 is 15.9 Å². The molecule has 0 saturated heterocycles. The third-order valence-corrected chi connectivity index (χ3v) is 4.75. The summed E-state index contributed by atoms with van der Waals surface area (Å²) >= 11 is 2.30. The number of amidine groups is 1. The zero-order valence-corrected chi connectivity index (χ0v) is 14.3. The van der Waals surface area contributed by atoms with E-state index in [4.69, 9.17) is 20.2 Å². The Morgan fingerprint density at radius 2 is 1.86 bits per heavy atom. The zero-order chi connectivity index (χ0) is 15.3. The Hall–Kier alpha value is -1.54. The van der Waals surface area contributed by atoms with Gasteiger partial charge in [-0.05, 0) is 46.9 Å². The molecular weight excluding hydrogens is 390 g/mol. The fourth-order valence-corrected chi connectivity index (χ4v) is 3.61. The molecule has 0 fully saturated rings. The van der Waals surface area contributed by atoms with E-state index in [2.05, 4.69) is 42.6 Å². The second kappa shape index (κ2) is 4.99. The van der Waals surface area contributed by atoms with Crippen molar-refractivity contribution in [2.24, 2.45) is 10.7 Å². The van der Waals surface area contributed by atoms with Crippen LogP contribution in [0.1, 0.15) is 11.1 Å². The van der Waals surface area contributed by atoms with Gasteiger partial charge in [-0.15, -0.1) is 0 Å². The highest BCUT2D eigenvalue weighted by Gasteiger charge is 2.44. The van der Waals surface area contributed by atoms with Crippen LogP contribution in [0.15, 0.2) is 41.4 Å². The number of nitrogens with two attached hydrogens (primary N) is 1. The minimum atomic E-state index is -0.613. The molecule has 2 aliphatic rings. The molecule has 4 rings (SSSR count). The highest BCUT2D eigenvalue weighted by Crippen LogP contribution is 2.49. The number of nitrogens with zero attached hydrogens (tertiary/aromatic N) is 1. The second-order valence-corrected chi connectivity index (χ2v) is 6.94. The van der Waals surface area contributed by atoms with Gasteiger partial charge < -0.3 is 15.2 Å². The maximum absolute atomic E-state index is 6.08. The van der Waals surface area contributed by atoms with Crippen molar-refractivity contribution in [3.63, 3.8) is 0 Å². The summed E-state index contributed by atoms with van der Waals surface area (Å²) < 4.78 is 13.0. The van der Waals surface area contributed by atoms with Crippen LogP contribution in [0.3, 0.4) is 0 Å². The smallest absolute Gasteiger partial charge is 0.143 e. The summed E-state index contributed by atoms with van der Waals surface area (Å²) in [5, 5.41) is 0. The first kappa shape index (κ1) is 14.1. The number of hydrogen-bond acceptors (Lipinski definition) is 4. The van der Waals surface area contributed by atoms with Crippen molar-refractivity contribution in [1.82, 2.24) is 0 Å². The molecule has 0 saturated carbocycles. The van der Waals surface area contributed by atoms with Gasteiger partial charge in [0, 0.05) is 14.7 Å². The Morgan fingerprint density at radius 3 is 2.64 bits per heavy atom. The quantitative estimate of drug-likeness (QED) is 0.532. The summed E-state index contributed by atoms with van der Waals surface area (Å²) in [6.07, 6.45) is 0. The molecule has 0 unspecified atom stereocenters. The fourth-order valence-electron chi connectivity index (χ4n) is 3.12. The van der Waals surface area contributed by atoms with E-state index >= 15 is 0 Å². The van der Waals surface area contributed by atoms with E-state index in [-0.39, 0.29) is 0 Å². The average molecular weight is 404 g/mol. The first-order valence-corrected chi connectivity index (χ1v) is 8.17. The van der Waals surface area contributed by atoms with Crippen LogP contribution >= 0.6 is 22.6 Å². The molecule has 2 aromatic carbocycles. The van der Waals surface area contributed by atoms with Crippen molar-refractivity contribution in [3.05, 3.63) is 51.1 Å². The summed E-state index contributed by atoms with van der Waals surface area (Å²) in [4.78, 5) is 4.82. The van der Waals surface area contributed by atoms with Crippen molar-refractivity contribution in [2.75, 3.05) is 13.2 Å². The zero-order valence-electron chi connectivity index (χ0n) is 12.1. The number of halogens is 1. The van der Waals surface area contributed by atoms with Gasteiger partial charge in [0.25, 0.3) is 0 Å². The maximum Gasteiger partial charge on any atom is 0.143 e. The molecule has 4 nitrogen and oxygen atoms in total. The molecule has 22 heavy (non-hydrogen) atoms. The van der Waals surface area contributed by atoms with Gasteiger partial charge in [0.2, 0.25) is 0 Å². The minimum absolute atomic E-state index is 0.378. The van der Waals surface area contributed by atoms with E-state index in [0.717, 1.165) is 31.7 Å². The predicted molar refractivity (Wildman–Crippen MR) is 97.1 cm³/mol. The van der Waals surface area contributed by atoms with Gasteiger partial charge in [-0.1, -0.05) is 17.6 Å². The molecule has 0 aliphatic carbocycles. The van der Waals surface area contributed by atoms with Crippen molar-refractivity contribution in [3.8, 4) is 11.5 Å². The van der Waals surface area contributed by atoms with Gasteiger partial charge in [-0.2, -0.15) is 0 Å². The molecular formula is C16H14BIN2O2. The van der Waals surface area contributed by atoms with Gasteiger partial charge in [-0.3, -0.25) is 4.99 Å². The molecule has 0 bridgehead atoms. The molecule has 2 N–H and O–H groups in total. The predicted octanol–water partition coefficient (Wildman–Crippen LogP) is 1.29. The number of hydrogen-bond donors (Lipinski definition) is 1. The van der Waals surface area contributed by atoms with Crippen molar-refractivity contribution >= 4 is 41.7 Å². The average Bonchev–Trinajstić information content (AvgIpc) is 2.49. The molecule has 6 heteroatoms. The molecule has 110 valence electrons. The van der Waals surface area contributed by atoms with Gasteiger partial charge in [0.05, 0.1) is 6.61 Å². The third-order valence-electron chi connectivity index (χ3n) is 4.08. The number of fused-ring (bicyclic) bond motifs is 4. The fraction of sp³-hybridized carbons (Fsp3) is 0.188. The lowest BCUT2D eigenvalue weighted by atomic mass is 9.78. The maximum atomic E-state index is 6.08. The van der Waals surface area contributed by atoms with Crippen molar-refractivity contribution in [1.29, 1.82) is 0 Å². The molecule has 0 aromatic heterocycles. The van der Waals surface area contributed by atoms with Crippen LogP contribution in [0.4, 0.5) is 0 Å². The van der Waals surface area contributed by atoms with E-state index < -0.39 is 5.54 Å². The molecule has 2 heterocycles. The topological polar surface area (TPSA) is 56.8 Å². The Balaban J connectivity index is 2.05. The number of benzene rings is 2. The highest BCUT2D eigenvalue weighted by atomic mass is 127. The summed E-state index contributed by atoms with van der Waals surface area (Å²) in [5.41, 5.74) is 8.59. The highest BCUT2D eigenvalue weighted by molar-refractivity contribution is 14.1. The van der Waals surface area contributed by atoms with E-state index in [9.17, 15) is 0 Å². The van der Waals surface area contributed by atoms with Crippen LogP contribution in [0.5, 0.6) is 11.5 Å². The number of ether oxygens (including phenoxy) is 2. The standard InChI is InChI=1S/C16H14BIN2O2/c17-9-1-3-13-11(5-9)16(8-21-7-15(19)20-16)12-6-10(18)2-4-14(12)22-13/h1-6H,7-8,17H2,(H2,19,20)/t16-/m0/s1. The van der Waals surface area contributed by atoms with Crippen LogP contribution in [-0.4, -0.2) is 26.9 Å². The first-order chi connectivity index (χ1) is 10.6. The summed E-state index contributed by atoms with van der Waals surface area (Å²) in [5.74, 6) is 2.16. The van der Waals surface area contributed by atoms with Crippen molar-refractivity contribution in [2.45, 2.75) is 5.54 Å². The van der Waals surface area contributed by atoms with Crippen molar-refractivity contribution < 1.29 is 9.47 Å². The van der Waals surface area contributed by atoms with Crippen LogP contribution in [0, 0.1) is 3.57 Å². The van der Waals surface area contributed by atoms with Gasteiger partial charge in [0.1, 0.15) is 37.3 Å². The second-order valence-electron chi connectivity index (χ2n) is 5.70. The van der Waals surface area contributed by atoms with E-state index in [1.165, 1.54) is 0 Å². The third kappa shape index (κ3) is 2.05. The largest absolute Gasteiger partial charge is 0.457 e. The molecule has 0 radical (unpaired) electrons. The lowest BCUT2D eigenvalue weighted by Gasteiger charge is -2.39.